The largest absolute Gasteiger partial charge is 0.456 e. The first-order valence-corrected chi connectivity index (χ1v) is 20.7. The van der Waals surface area contributed by atoms with E-state index in [0.29, 0.717) is 11.8 Å². The number of nitrogens with one attached hydrogen (secondary N) is 2. The summed E-state index contributed by atoms with van der Waals surface area (Å²) >= 11 is 0. The SMILES string of the molecule is CC1(C)c2cc3c(cc2C2C=CC=CC21)c1ccccc1n3-c1ccc2c(c1)oc1cc(-c3ccccc3)cc(C3NC(c4ccccc4)=NC(c4ccccc4)N3)c12. The molecule has 59 heavy (non-hydrogen) atoms. The highest BCUT2D eigenvalue weighted by Crippen LogP contribution is 2.54. The third-order valence-electron chi connectivity index (χ3n) is 13.2. The van der Waals surface area contributed by atoms with Gasteiger partial charge in [0.15, 0.2) is 0 Å². The maximum absolute atomic E-state index is 6.99. The Labute approximate surface area is 343 Å². The van der Waals surface area contributed by atoms with Gasteiger partial charge in [0.2, 0.25) is 0 Å². The number of hydrogen-bond acceptors (Lipinski definition) is 4. The molecule has 2 aliphatic carbocycles. The second-order valence-corrected chi connectivity index (χ2v) is 16.8. The average molecular weight is 763 g/mol. The van der Waals surface area contributed by atoms with Crippen molar-refractivity contribution in [2.75, 3.05) is 0 Å². The summed E-state index contributed by atoms with van der Waals surface area (Å²) in [5, 5.41) is 12.4. The molecule has 0 radical (unpaired) electrons. The zero-order valence-electron chi connectivity index (χ0n) is 32.9. The number of fused-ring (bicyclic) bond motifs is 9. The number of hydrogen-bond donors (Lipinski definition) is 2. The van der Waals surface area contributed by atoms with E-state index in [4.69, 9.17) is 9.41 Å². The Balaban J connectivity index is 1.05. The van der Waals surface area contributed by atoms with Gasteiger partial charge in [0.25, 0.3) is 0 Å². The summed E-state index contributed by atoms with van der Waals surface area (Å²) in [6.07, 6.45) is 8.72. The van der Waals surface area contributed by atoms with Crippen molar-refractivity contribution < 1.29 is 4.42 Å². The van der Waals surface area contributed by atoms with Crippen LogP contribution in [0, 0.1) is 5.92 Å². The highest BCUT2D eigenvalue weighted by Gasteiger charge is 2.45. The summed E-state index contributed by atoms with van der Waals surface area (Å²) in [6, 6.07) is 56.6. The van der Waals surface area contributed by atoms with E-state index < -0.39 is 0 Å². The van der Waals surface area contributed by atoms with Crippen molar-refractivity contribution in [1.29, 1.82) is 0 Å². The topological polar surface area (TPSA) is 54.5 Å². The predicted octanol–water partition coefficient (Wildman–Crippen LogP) is 12.8. The third kappa shape index (κ3) is 5.31. The van der Waals surface area contributed by atoms with Gasteiger partial charge in [0.05, 0.1) is 11.0 Å². The molecule has 4 atom stereocenters. The number of aromatic nitrogens is 1. The Morgan fingerprint density at radius 1 is 0.593 bits per heavy atom. The molecule has 4 unspecified atom stereocenters. The zero-order chi connectivity index (χ0) is 39.2. The van der Waals surface area contributed by atoms with Crippen LogP contribution in [0.25, 0.3) is 60.6 Å². The van der Waals surface area contributed by atoms with Crippen molar-refractivity contribution >= 4 is 49.6 Å². The molecule has 284 valence electrons. The number of amidine groups is 1. The lowest BCUT2D eigenvalue weighted by molar-refractivity contribution is 0.394. The van der Waals surface area contributed by atoms with E-state index in [-0.39, 0.29) is 17.7 Å². The third-order valence-corrected chi connectivity index (χ3v) is 13.2. The van der Waals surface area contributed by atoms with E-state index in [1.165, 1.54) is 32.9 Å². The van der Waals surface area contributed by atoms with Crippen LogP contribution in [0.4, 0.5) is 0 Å². The van der Waals surface area contributed by atoms with Crippen molar-refractivity contribution in [2.24, 2.45) is 10.9 Å². The second kappa shape index (κ2) is 13.0. The quantitative estimate of drug-likeness (QED) is 0.184. The van der Waals surface area contributed by atoms with Crippen LogP contribution in [-0.4, -0.2) is 10.4 Å². The van der Waals surface area contributed by atoms with Crippen molar-refractivity contribution in [3.8, 4) is 16.8 Å². The number of rotatable bonds is 5. The molecule has 0 saturated carbocycles. The molecule has 12 rings (SSSR count). The number of nitrogens with zero attached hydrogens (tertiary/aromatic N) is 2. The van der Waals surface area contributed by atoms with Gasteiger partial charge in [-0.05, 0) is 81.6 Å². The molecule has 9 aromatic rings. The first kappa shape index (κ1) is 34.1. The minimum atomic E-state index is -0.268. The van der Waals surface area contributed by atoms with Gasteiger partial charge in [-0.1, -0.05) is 147 Å². The molecule has 5 heteroatoms. The van der Waals surface area contributed by atoms with E-state index in [1.54, 1.807) is 0 Å². The van der Waals surface area contributed by atoms with Crippen LogP contribution < -0.4 is 10.6 Å². The molecule has 0 amide bonds. The van der Waals surface area contributed by atoms with Gasteiger partial charge in [-0.2, -0.15) is 0 Å². The van der Waals surface area contributed by atoms with Crippen LogP contribution in [0.5, 0.6) is 0 Å². The number of allylic oxidation sites excluding steroid dienone is 4. The van der Waals surface area contributed by atoms with E-state index >= 15 is 0 Å². The Morgan fingerprint density at radius 3 is 2.14 bits per heavy atom. The summed E-state index contributed by atoms with van der Waals surface area (Å²) in [6.45, 7) is 4.82. The summed E-state index contributed by atoms with van der Waals surface area (Å²) in [5.74, 6) is 1.69. The number of benzene rings is 7. The van der Waals surface area contributed by atoms with Crippen molar-refractivity contribution in [3.63, 3.8) is 0 Å². The predicted molar refractivity (Wildman–Crippen MR) is 242 cm³/mol. The fraction of sp³-hybridized carbons (Fsp3) is 0.130. The van der Waals surface area contributed by atoms with Crippen LogP contribution in [0.1, 0.15) is 59.9 Å². The smallest absolute Gasteiger partial charge is 0.137 e. The minimum Gasteiger partial charge on any atom is -0.456 e. The molecule has 5 nitrogen and oxygen atoms in total. The van der Waals surface area contributed by atoms with Crippen molar-refractivity contribution in [1.82, 2.24) is 15.2 Å². The zero-order valence-corrected chi connectivity index (χ0v) is 32.9. The molecule has 1 aliphatic heterocycles. The lowest BCUT2D eigenvalue weighted by Crippen LogP contribution is -2.45. The van der Waals surface area contributed by atoms with Gasteiger partial charge in [-0.15, -0.1) is 0 Å². The maximum Gasteiger partial charge on any atom is 0.137 e. The number of furan rings is 1. The Kier molecular flexibility index (Phi) is 7.54. The molecule has 7 aromatic carbocycles. The average Bonchev–Trinajstić information content (AvgIpc) is 3.90. The van der Waals surface area contributed by atoms with Gasteiger partial charge < -0.3 is 14.3 Å². The fourth-order valence-electron chi connectivity index (χ4n) is 10.3. The molecular formula is C54H42N4O. The molecule has 3 heterocycles. The van der Waals surface area contributed by atoms with Crippen LogP contribution in [-0.2, 0) is 5.41 Å². The van der Waals surface area contributed by atoms with Gasteiger partial charge in [-0.25, -0.2) is 4.99 Å². The molecule has 2 aromatic heterocycles. The van der Waals surface area contributed by atoms with E-state index in [0.717, 1.165) is 61.3 Å². The Bertz CT molecular complexity index is 3210. The highest BCUT2D eigenvalue weighted by atomic mass is 16.3. The Hall–Kier alpha value is -6.95. The lowest BCUT2D eigenvalue weighted by Gasteiger charge is -2.32. The first-order valence-electron chi connectivity index (χ1n) is 20.7. The number of aliphatic imine (C=N–C) groups is 1. The monoisotopic (exact) mass is 762 g/mol. The van der Waals surface area contributed by atoms with E-state index in [1.807, 2.05) is 6.07 Å². The van der Waals surface area contributed by atoms with Crippen molar-refractivity contribution in [2.45, 2.75) is 37.5 Å². The van der Waals surface area contributed by atoms with Crippen LogP contribution in [0.3, 0.4) is 0 Å². The summed E-state index contributed by atoms with van der Waals surface area (Å²) in [7, 11) is 0. The van der Waals surface area contributed by atoms with Crippen LogP contribution in [0.15, 0.2) is 191 Å². The first-order chi connectivity index (χ1) is 29.0. The second-order valence-electron chi connectivity index (χ2n) is 16.8. The number of para-hydroxylation sites is 1. The molecule has 3 aliphatic rings. The summed E-state index contributed by atoms with van der Waals surface area (Å²) in [4.78, 5) is 5.21. The molecule has 0 bridgehead atoms. The van der Waals surface area contributed by atoms with Crippen LogP contribution >= 0.6 is 0 Å². The van der Waals surface area contributed by atoms with E-state index in [2.05, 4.69) is 205 Å². The molecule has 2 N–H and O–H groups in total. The molecule has 0 spiro atoms. The van der Waals surface area contributed by atoms with Gasteiger partial charge >= 0.3 is 0 Å². The van der Waals surface area contributed by atoms with Crippen molar-refractivity contribution in [3.05, 3.63) is 210 Å². The van der Waals surface area contributed by atoms with Gasteiger partial charge in [0, 0.05) is 50.3 Å². The van der Waals surface area contributed by atoms with Gasteiger partial charge in [-0.3, -0.25) is 5.32 Å². The normalized spacial score (nSPS) is 20.5. The molecule has 0 fully saturated rings. The molecular weight excluding hydrogens is 721 g/mol. The van der Waals surface area contributed by atoms with E-state index in [9.17, 15) is 0 Å². The Morgan fingerprint density at radius 2 is 1.32 bits per heavy atom. The summed E-state index contributed by atoms with van der Waals surface area (Å²) < 4.78 is 9.43. The molecule has 0 saturated heterocycles. The van der Waals surface area contributed by atoms with Crippen LogP contribution in [0.2, 0.25) is 0 Å². The summed E-state index contributed by atoms with van der Waals surface area (Å²) in [5.41, 5.74) is 13.6. The highest BCUT2D eigenvalue weighted by molar-refractivity contribution is 6.12. The van der Waals surface area contributed by atoms with Gasteiger partial charge in [0.1, 0.15) is 29.3 Å². The maximum atomic E-state index is 6.99. The fourth-order valence-corrected chi connectivity index (χ4v) is 10.3. The minimum absolute atomic E-state index is 0.0120. The standard InChI is InChI=1S/C54H42N4O/c1-54(2)44-24-14-12-22-38(44)41-31-42-39-23-13-15-25-46(39)58(47(42)32-45(41)54)37-26-27-40-48(30-37)59-49-29-36(33-16-6-3-7-17-33)28-43(50(40)49)53-56-51(34-18-8-4-9-19-34)55-52(57-53)35-20-10-5-11-21-35/h3-32,38,44,51,53,56H,1-2H3,(H,55,57). The lowest BCUT2D eigenvalue weighted by atomic mass is 9.74.